The van der Waals surface area contributed by atoms with E-state index in [1.54, 1.807) is 23.5 Å². The summed E-state index contributed by atoms with van der Waals surface area (Å²) in [6.45, 7) is 6.39. The van der Waals surface area contributed by atoms with Crippen LogP contribution in [0.25, 0.3) is 0 Å². The van der Waals surface area contributed by atoms with Crippen molar-refractivity contribution in [2.75, 3.05) is 5.32 Å². The standard InChI is InChI=1S/C20H20N2O2S/c1-13-6-4-9-19(14(13)2)22-20(23)16-7-5-8-18(10-16)24-11-17-12-25-15(3)21-17/h4-10,12H,11H2,1-3H3,(H,22,23). The Hall–Kier alpha value is -2.66. The van der Waals surface area contributed by atoms with Crippen molar-refractivity contribution in [3.8, 4) is 5.75 Å². The average molecular weight is 352 g/mol. The Morgan fingerprint density at radius 1 is 1.16 bits per heavy atom. The highest BCUT2D eigenvalue weighted by atomic mass is 32.1. The van der Waals surface area contributed by atoms with Crippen LogP contribution in [0.15, 0.2) is 47.8 Å². The molecule has 0 radical (unpaired) electrons. The maximum absolute atomic E-state index is 12.5. The normalized spacial score (nSPS) is 10.5. The van der Waals surface area contributed by atoms with Gasteiger partial charge in [0.25, 0.3) is 5.91 Å². The van der Waals surface area contributed by atoms with E-state index in [4.69, 9.17) is 4.74 Å². The number of hydrogen-bond donors (Lipinski definition) is 1. The Balaban J connectivity index is 1.69. The molecule has 0 saturated carbocycles. The van der Waals surface area contributed by atoms with Crippen molar-refractivity contribution in [3.63, 3.8) is 0 Å². The molecule has 0 aliphatic carbocycles. The Labute approximate surface area is 151 Å². The van der Waals surface area contributed by atoms with Crippen LogP contribution in [0, 0.1) is 20.8 Å². The molecule has 1 amide bonds. The highest BCUT2D eigenvalue weighted by Crippen LogP contribution is 2.21. The molecule has 0 atom stereocenters. The summed E-state index contributed by atoms with van der Waals surface area (Å²) in [5.74, 6) is 0.503. The van der Waals surface area contributed by atoms with Crippen molar-refractivity contribution >= 4 is 22.9 Å². The van der Waals surface area contributed by atoms with Crippen LogP contribution < -0.4 is 10.1 Å². The molecule has 0 spiro atoms. The number of aryl methyl sites for hydroxylation is 2. The van der Waals surface area contributed by atoms with Crippen molar-refractivity contribution in [3.05, 3.63) is 75.2 Å². The van der Waals surface area contributed by atoms with E-state index >= 15 is 0 Å². The number of carbonyl (C=O) groups is 1. The average Bonchev–Trinajstić information content (AvgIpc) is 3.03. The molecule has 1 aromatic heterocycles. The van der Waals surface area contributed by atoms with Crippen LogP contribution in [-0.2, 0) is 6.61 Å². The minimum absolute atomic E-state index is 0.149. The van der Waals surface area contributed by atoms with Crippen molar-refractivity contribution in [2.45, 2.75) is 27.4 Å². The first kappa shape index (κ1) is 17.2. The Morgan fingerprint density at radius 2 is 1.96 bits per heavy atom. The lowest BCUT2D eigenvalue weighted by atomic mass is 10.1. The summed E-state index contributed by atoms with van der Waals surface area (Å²) in [4.78, 5) is 16.9. The summed E-state index contributed by atoms with van der Waals surface area (Å²) in [6, 6.07) is 13.1. The van der Waals surface area contributed by atoms with Gasteiger partial charge in [-0.2, -0.15) is 0 Å². The molecule has 2 aromatic carbocycles. The fraction of sp³-hybridized carbons (Fsp3) is 0.200. The van der Waals surface area contributed by atoms with Gasteiger partial charge in [0.15, 0.2) is 0 Å². The maximum atomic E-state index is 12.5. The van der Waals surface area contributed by atoms with Gasteiger partial charge in [0.2, 0.25) is 0 Å². The number of carbonyl (C=O) groups excluding carboxylic acids is 1. The van der Waals surface area contributed by atoms with Gasteiger partial charge >= 0.3 is 0 Å². The quantitative estimate of drug-likeness (QED) is 0.710. The van der Waals surface area contributed by atoms with Gasteiger partial charge in [0.1, 0.15) is 12.4 Å². The lowest BCUT2D eigenvalue weighted by Crippen LogP contribution is -2.13. The minimum atomic E-state index is -0.149. The molecule has 4 nitrogen and oxygen atoms in total. The van der Waals surface area contributed by atoms with Crippen molar-refractivity contribution < 1.29 is 9.53 Å². The predicted molar refractivity (Wildman–Crippen MR) is 101 cm³/mol. The largest absolute Gasteiger partial charge is 0.487 e. The molecule has 0 bridgehead atoms. The van der Waals surface area contributed by atoms with Crippen LogP contribution in [0.2, 0.25) is 0 Å². The van der Waals surface area contributed by atoms with E-state index in [0.29, 0.717) is 17.9 Å². The van der Waals surface area contributed by atoms with Gasteiger partial charge in [-0.3, -0.25) is 4.79 Å². The van der Waals surface area contributed by atoms with E-state index in [2.05, 4.69) is 10.3 Å². The molecule has 0 saturated heterocycles. The number of anilines is 1. The highest BCUT2D eigenvalue weighted by Gasteiger charge is 2.10. The number of ether oxygens (including phenoxy) is 1. The van der Waals surface area contributed by atoms with Gasteiger partial charge in [-0.25, -0.2) is 4.98 Å². The zero-order chi connectivity index (χ0) is 17.8. The second-order valence-electron chi connectivity index (χ2n) is 5.88. The molecular weight excluding hydrogens is 332 g/mol. The zero-order valence-electron chi connectivity index (χ0n) is 14.5. The number of amides is 1. The predicted octanol–water partition coefficient (Wildman–Crippen LogP) is 4.90. The minimum Gasteiger partial charge on any atom is -0.487 e. The first-order valence-corrected chi connectivity index (χ1v) is 8.92. The number of hydrogen-bond acceptors (Lipinski definition) is 4. The number of rotatable bonds is 5. The first-order valence-electron chi connectivity index (χ1n) is 8.04. The van der Waals surface area contributed by atoms with Crippen LogP contribution >= 0.6 is 11.3 Å². The summed E-state index contributed by atoms with van der Waals surface area (Å²) < 4.78 is 5.75. The molecule has 0 unspecified atom stereocenters. The lowest BCUT2D eigenvalue weighted by molar-refractivity contribution is 0.102. The third-order valence-corrected chi connectivity index (χ3v) is 4.82. The molecule has 5 heteroatoms. The molecule has 128 valence electrons. The van der Waals surface area contributed by atoms with E-state index in [1.807, 2.05) is 56.5 Å². The van der Waals surface area contributed by atoms with Crippen molar-refractivity contribution in [2.24, 2.45) is 0 Å². The van der Waals surface area contributed by atoms with Gasteiger partial charge in [-0.05, 0) is 56.2 Å². The third-order valence-electron chi connectivity index (χ3n) is 4.00. The van der Waals surface area contributed by atoms with E-state index in [1.165, 1.54) is 0 Å². The van der Waals surface area contributed by atoms with Crippen LogP contribution in [0.3, 0.4) is 0 Å². The SMILES string of the molecule is Cc1nc(COc2cccc(C(=O)Nc3cccc(C)c3C)c2)cs1. The first-order chi connectivity index (χ1) is 12.0. The van der Waals surface area contributed by atoms with E-state index < -0.39 is 0 Å². The highest BCUT2D eigenvalue weighted by molar-refractivity contribution is 7.09. The molecule has 1 heterocycles. The molecule has 1 N–H and O–H groups in total. The third kappa shape index (κ3) is 4.25. The summed E-state index contributed by atoms with van der Waals surface area (Å²) in [7, 11) is 0. The van der Waals surface area contributed by atoms with Crippen molar-refractivity contribution in [1.82, 2.24) is 4.98 Å². The van der Waals surface area contributed by atoms with Gasteiger partial charge in [-0.15, -0.1) is 11.3 Å². The molecule has 0 fully saturated rings. The number of aromatic nitrogens is 1. The van der Waals surface area contributed by atoms with Gasteiger partial charge < -0.3 is 10.1 Å². The zero-order valence-corrected chi connectivity index (χ0v) is 15.3. The summed E-state index contributed by atoms with van der Waals surface area (Å²) in [6.07, 6.45) is 0. The second kappa shape index (κ2) is 7.49. The Bertz CT molecular complexity index is 902. The van der Waals surface area contributed by atoms with Gasteiger partial charge in [-0.1, -0.05) is 18.2 Å². The Morgan fingerprint density at radius 3 is 2.72 bits per heavy atom. The maximum Gasteiger partial charge on any atom is 0.255 e. The number of benzene rings is 2. The lowest BCUT2D eigenvalue weighted by Gasteiger charge is -2.11. The second-order valence-corrected chi connectivity index (χ2v) is 6.94. The molecular formula is C20H20N2O2S. The smallest absolute Gasteiger partial charge is 0.255 e. The number of thiazole rings is 1. The van der Waals surface area contributed by atoms with Crippen LogP contribution in [0.4, 0.5) is 5.69 Å². The molecule has 0 aliphatic heterocycles. The van der Waals surface area contributed by atoms with E-state index in [-0.39, 0.29) is 5.91 Å². The fourth-order valence-electron chi connectivity index (χ4n) is 2.44. The molecule has 3 rings (SSSR count). The van der Waals surface area contributed by atoms with Gasteiger partial charge in [0, 0.05) is 16.6 Å². The summed E-state index contributed by atoms with van der Waals surface area (Å²) >= 11 is 1.60. The topological polar surface area (TPSA) is 51.2 Å². The van der Waals surface area contributed by atoms with E-state index in [9.17, 15) is 4.79 Å². The number of nitrogens with one attached hydrogen (secondary N) is 1. The summed E-state index contributed by atoms with van der Waals surface area (Å²) in [5.41, 5.74) is 4.51. The molecule has 3 aromatic rings. The molecule has 0 aliphatic rings. The van der Waals surface area contributed by atoms with Gasteiger partial charge in [0.05, 0.1) is 10.7 Å². The van der Waals surface area contributed by atoms with Crippen LogP contribution in [0.5, 0.6) is 5.75 Å². The summed E-state index contributed by atoms with van der Waals surface area (Å²) in [5, 5.41) is 5.96. The fourth-order valence-corrected chi connectivity index (χ4v) is 3.04. The monoisotopic (exact) mass is 352 g/mol. The van der Waals surface area contributed by atoms with E-state index in [0.717, 1.165) is 27.5 Å². The van der Waals surface area contributed by atoms with Crippen LogP contribution in [0.1, 0.15) is 32.2 Å². The van der Waals surface area contributed by atoms with Crippen LogP contribution in [-0.4, -0.2) is 10.9 Å². The Kier molecular flexibility index (Phi) is 5.14. The number of nitrogens with zero attached hydrogens (tertiary/aromatic N) is 1. The van der Waals surface area contributed by atoms with Crippen molar-refractivity contribution in [1.29, 1.82) is 0 Å². The molecule has 25 heavy (non-hydrogen) atoms.